The molecular formula is C10H17N3OS. The van der Waals surface area contributed by atoms with Gasteiger partial charge in [-0.15, -0.1) is 11.3 Å². The molecule has 1 atom stereocenters. The first-order chi connectivity index (χ1) is 7.02. The second-order valence-corrected chi connectivity index (χ2v) is 4.64. The number of hydrogen-bond donors (Lipinski definition) is 1. The molecule has 1 aromatic rings. The number of carbonyl (C=O) groups excluding carboxylic acids is 1. The fraction of sp³-hybridized carbons (Fsp3) is 0.600. The van der Waals surface area contributed by atoms with Crippen molar-refractivity contribution in [2.75, 3.05) is 20.6 Å². The summed E-state index contributed by atoms with van der Waals surface area (Å²) in [5.74, 6) is -0.0244. The zero-order valence-corrected chi connectivity index (χ0v) is 10.4. The van der Waals surface area contributed by atoms with Gasteiger partial charge in [0, 0.05) is 12.6 Å². The summed E-state index contributed by atoms with van der Waals surface area (Å²) >= 11 is 1.38. The lowest BCUT2D eigenvalue weighted by atomic mass is 10.3. The maximum absolute atomic E-state index is 11.7. The van der Waals surface area contributed by atoms with Crippen LogP contribution in [0.3, 0.4) is 0 Å². The first-order valence-electron chi connectivity index (χ1n) is 4.87. The second kappa shape index (κ2) is 5.23. The van der Waals surface area contributed by atoms with Gasteiger partial charge < -0.3 is 10.2 Å². The summed E-state index contributed by atoms with van der Waals surface area (Å²) < 4.78 is 0. The Balaban J connectivity index is 2.47. The van der Waals surface area contributed by atoms with Crippen molar-refractivity contribution in [1.29, 1.82) is 0 Å². The Kier molecular flexibility index (Phi) is 4.23. The Labute approximate surface area is 94.3 Å². The third kappa shape index (κ3) is 3.28. The highest BCUT2D eigenvalue weighted by molar-refractivity contribution is 7.11. The molecule has 0 saturated carbocycles. The number of amides is 1. The van der Waals surface area contributed by atoms with Crippen molar-refractivity contribution < 1.29 is 4.79 Å². The normalized spacial score (nSPS) is 12.9. The van der Waals surface area contributed by atoms with Gasteiger partial charge in [-0.25, -0.2) is 4.98 Å². The standard InChI is InChI=1S/C10H17N3OS/c1-7(13(3)4)5-11-10(14)9-8(2)12-6-15-9/h6-7H,5H2,1-4H3,(H,11,14)/t7-/m1/s1. The summed E-state index contributed by atoms with van der Waals surface area (Å²) in [6, 6.07) is 0.335. The zero-order chi connectivity index (χ0) is 11.4. The first-order valence-corrected chi connectivity index (χ1v) is 5.75. The van der Waals surface area contributed by atoms with E-state index in [0.29, 0.717) is 17.5 Å². The fourth-order valence-corrected chi connectivity index (χ4v) is 1.74. The predicted molar refractivity (Wildman–Crippen MR) is 62.3 cm³/mol. The summed E-state index contributed by atoms with van der Waals surface area (Å²) in [6.07, 6.45) is 0. The molecule has 1 heterocycles. The molecule has 15 heavy (non-hydrogen) atoms. The summed E-state index contributed by atoms with van der Waals surface area (Å²) in [5, 5.41) is 2.90. The van der Waals surface area contributed by atoms with Gasteiger partial charge in [0.25, 0.3) is 5.91 Å². The van der Waals surface area contributed by atoms with Crippen molar-refractivity contribution in [3.05, 3.63) is 16.1 Å². The molecule has 84 valence electrons. The van der Waals surface area contributed by atoms with E-state index >= 15 is 0 Å². The van der Waals surface area contributed by atoms with Gasteiger partial charge >= 0.3 is 0 Å². The van der Waals surface area contributed by atoms with Crippen LogP contribution < -0.4 is 5.32 Å². The number of carbonyl (C=O) groups is 1. The lowest BCUT2D eigenvalue weighted by Gasteiger charge is -2.19. The molecule has 1 aromatic heterocycles. The third-order valence-corrected chi connectivity index (χ3v) is 3.32. The van der Waals surface area contributed by atoms with E-state index < -0.39 is 0 Å². The van der Waals surface area contributed by atoms with E-state index in [1.807, 2.05) is 21.0 Å². The molecular weight excluding hydrogens is 210 g/mol. The molecule has 0 aliphatic heterocycles. The number of nitrogens with one attached hydrogen (secondary N) is 1. The average Bonchev–Trinajstić information content (AvgIpc) is 2.60. The molecule has 0 unspecified atom stereocenters. The molecule has 0 aromatic carbocycles. The smallest absolute Gasteiger partial charge is 0.263 e. The Bertz CT molecular complexity index is 335. The van der Waals surface area contributed by atoms with Gasteiger partial charge in [-0.3, -0.25) is 4.79 Å². The lowest BCUT2D eigenvalue weighted by Crippen LogP contribution is -2.38. The van der Waals surface area contributed by atoms with Crippen LogP contribution >= 0.6 is 11.3 Å². The Morgan fingerprint density at radius 3 is 2.80 bits per heavy atom. The molecule has 5 heteroatoms. The number of nitrogens with zero attached hydrogens (tertiary/aromatic N) is 2. The Morgan fingerprint density at radius 1 is 1.67 bits per heavy atom. The third-order valence-electron chi connectivity index (χ3n) is 2.39. The SMILES string of the molecule is Cc1ncsc1C(=O)NC[C@@H](C)N(C)C. The molecule has 1 N–H and O–H groups in total. The molecule has 4 nitrogen and oxygen atoms in total. The van der Waals surface area contributed by atoms with Crippen molar-refractivity contribution in [2.45, 2.75) is 19.9 Å². The molecule has 0 spiro atoms. The minimum absolute atomic E-state index is 0.0244. The highest BCUT2D eigenvalue weighted by Gasteiger charge is 2.12. The lowest BCUT2D eigenvalue weighted by molar-refractivity contribution is 0.0947. The van der Waals surface area contributed by atoms with Crippen LogP contribution in [-0.2, 0) is 0 Å². The number of aromatic nitrogens is 1. The van der Waals surface area contributed by atoms with E-state index in [9.17, 15) is 4.79 Å². The fourth-order valence-electron chi connectivity index (χ4n) is 1.02. The van der Waals surface area contributed by atoms with Crippen molar-refractivity contribution in [1.82, 2.24) is 15.2 Å². The van der Waals surface area contributed by atoms with Crippen LogP contribution in [0.1, 0.15) is 22.3 Å². The number of hydrogen-bond acceptors (Lipinski definition) is 4. The Morgan fingerprint density at radius 2 is 2.33 bits per heavy atom. The predicted octanol–water partition coefficient (Wildman–Crippen LogP) is 1.13. The molecule has 0 aliphatic rings. The maximum Gasteiger partial charge on any atom is 0.263 e. The average molecular weight is 227 g/mol. The first kappa shape index (κ1) is 12.1. The molecule has 0 saturated heterocycles. The van der Waals surface area contributed by atoms with E-state index in [1.54, 1.807) is 5.51 Å². The molecule has 1 amide bonds. The van der Waals surface area contributed by atoms with E-state index in [1.165, 1.54) is 11.3 Å². The monoisotopic (exact) mass is 227 g/mol. The van der Waals surface area contributed by atoms with Crippen LogP contribution in [0.15, 0.2) is 5.51 Å². The zero-order valence-electron chi connectivity index (χ0n) is 9.57. The number of aryl methyl sites for hydroxylation is 1. The highest BCUT2D eigenvalue weighted by Crippen LogP contribution is 2.11. The number of thiazole rings is 1. The largest absolute Gasteiger partial charge is 0.350 e. The minimum atomic E-state index is -0.0244. The van der Waals surface area contributed by atoms with Gasteiger partial charge in [-0.05, 0) is 27.9 Å². The van der Waals surface area contributed by atoms with Crippen LogP contribution in [0, 0.1) is 6.92 Å². The highest BCUT2D eigenvalue weighted by atomic mass is 32.1. The Hall–Kier alpha value is -0.940. The van der Waals surface area contributed by atoms with Crippen LogP contribution in [0.25, 0.3) is 0 Å². The number of rotatable bonds is 4. The van der Waals surface area contributed by atoms with E-state index in [-0.39, 0.29) is 5.91 Å². The van der Waals surface area contributed by atoms with E-state index in [4.69, 9.17) is 0 Å². The molecule has 0 fully saturated rings. The van der Waals surface area contributed by atoms with Crippen molar-refractivity contribution in [3.63, 3.8) is 0 Å². The molecule has 0 aliphatic carbocycles. The summed E-state index contributed by atoms with van der Waals surface area (Å²) in [4.78, 5) is 18.5. The number of likely N-dealkylation sites (N-methyl/N-ethyl adjacent to an activating group) is 1. The topological polar surface area (TPSA) is 45.2 Å². The van der Waals surface area contributed by atoms with Gasteiger partial charge in [0.2, 0.25) is 0 Å². The molecule has 1 rings (SSSR count). The minimum Gasteiger partial charge on any atom is -0.350 e. The maximum atomic E-state index is 11.7. The molecule has 0 radical (unpaired) electrons. The van der Waals surface area contributed by atoms with Gasteiger partial charge in [-0.2, -0.15) is 0 Å². The van der Waals surface area contributed by atoms with Crippen molar-refractivity contribution in [3.8, 4) is 0 Å². The van der Waals surface area contributed by atoms with E-state index in [0.717, 1.165) is 5.69 Å². The summed E-state index contributed by atoms with van der Waals surface area (Å²) in [6.45, 7) is 4.57. The van der Waals surface area contributed by atoms with Gasteiger partial charge in [-0.1, -0.05) is 0 Å². The summed E-state index contributed by atoms with van der Waals surface area (Å²) in [5.41, 5.74) is 2.50. The van der Waals surface area contributed by atoms with Crippen LogP contribution in [-0.4, -0.2) is 42.5 Å². The second-order valence-electron chi connectivity index (χ2n) is 3.79. The van der Waals surface area contributed by atoms with Crippen LogP contribution in [0.5, 0.6) is 0 Å². The quantitative estimate of drug-likeness (QED) is 0.838. The van der Waals surface area contributed by atoms with Gasteiger partial charge in [0.15, 0.2) is 0 Å². The van der Waals surface area contributed by atoms with Crippen molar-refractivity contribution in [2.24, 2.45) is 0 Å². The van der Waals surface area contributed by atoms with Crippen molar-refractivity contribution >= 4 is 17.2 Å². The van der Waals surface area contributed by atoms with E-state index in [2.05, 4.69) is 22.1 Å². The van der Waals surface area contributed by atoms with Gasteiger partial charge in [0.05, 0.1) is 11.2 Å². The van der Waals surface area contributed by atoms with Crippen LogP contribution in [0.4, 0.5) is 0 Å². The molecule has 0 bridgehead atoms. The van der Waals surface area contributed by atoms with Crippen LogP contribution in [0.2, 0.25) is 0 Å². The summed E-state index contributed by atoms with van der Waals surface area (Å²) in [7, 11) is 3.99. The van der Waals surface area contributed by atoms with Gasteiger partial charge in [0.1, 0.15) is 4.88 Å².